The largest absolute Gasteiger partial charge is 0.380 e. The highest BCUT2D eigenvalue weighted by Gasteiger charge is 2.07. The van der Waals surface area contributed by atoms with E-state index in [4.69, 9.17) is 15.2 Å². The van der Waals surface area contributed by atoms with Crippen molar-refractivity contribution in [3.05, 3.63) is 35.9 Å². The van der Waals surface area contributed by atoms with Gasteiger partial charge in [-0.1, -0.05) is 30.3 Å². The van der Waals surface area contributed by atoms with Crippen LogP contribution in [0.4, 0.5) is 0 Å². The Labute approximate surface area is 110 Å². The minimum absolute atomic E-state index is 0.709. The van der Waals surface area contributed by atoms with Crippen LogP contribution in [0.15, 0.2) is 30.3 Å². The fourth-order valence-corrected chi connectivity index (χ4v) is 1.75. The Bertz CT molecular complexity index is 284. The first-order chi connectivity index (χ1) is 8.86. The van der Waals surface area contributed by atoms with Crippen LogP contribution in [-0.4, -0.2) is 51.4 Å². The zero-order chi connectivity index (χ0) is 13.1. The molecular weight excluding hydrogens is 228 g/mol. The predicted molar refractivity (Wildman–Crippen MR) is 73.5 cm³/mol. The summed E-state index contributed by atoms with van der Waals surface area (Å²) in [7, 11) is 1.70. The van der Waals surface area contributed by atoms with Gasteiger partial charge in [0.15, 0.2) is 0 Å². The molecule has 1 aliphatic rings. The topological polar surface area (TPSA) is 47.7 Å². The molecule has 2 rings (SSSR count). The zero-order valence-electron chi connectivity index (χ0n) is 11.2. The second kappa shape index (κ2) is 10.0. The fraction of sp³-hybridized carbons (Fsp3) is 0.571. The third-order valence-electron chi connectivity index (χ3n) is 2.70. The molecule has 0 amide bonds. The lowest BCUT2D eigenvalue weighted by molar-refractivity contribution is 0.0394. The fourth-order valence-electron chi connectivity index (χ4n) is 1.75. The summed E-state index contributed by atoms with van der Waals surface area (Å²) in [5.41, 5.74) is 6.60. The standard InChI is InChI=1S/C8H10O.C6H14N2O/c1-9-7-8-5-3-2-4-6-8;7-1-2-8-3-5-9-6-4-8/h2-6H,7H2,1H3;1-7H2. The molecule has 0 bridgehead atoms. The molecule has 1 fully saturated rings. The van der Waals surface area contributed by atoms with Crippen LogP contribution in [-0.2, 0) is 16.1 Å². The van der Waals surface area contributed by atoms with Gasteiger partial charge in [-0.25, -0.2) is 0 Å². The van der Waals surface area contributed by atoms with Crippen molar-refractivity contribution >= 4 is 0 Å². The maximum absolute atomic E-state index is 5.38. The van der Waals surface area contributed by atoms with Gasteiger partial charge in [-0.15, -0.1) is 0 Å². The van der Waals surface area contributed by atoms with Crippen molar-refractivity contribution in [1.82, 2.24) is 4.90 Å². The van der Waals surface area contributed by atoms with Gasteiger partial charge in [0.05, 0.1) is 19.8 Å². The average Bonchev–Trinajstić information content (AvgIpc) is 2.43. The van der Waals surface area contributed by atoms with Gasteiger partial charge < -0.3 is 15.2 Å². The van der Waals surface area contributed by atoms with Crippen molar-refractivity contribution in [2.24, 2.45) is 5.73 Å². The number of rotatable bonds is 4. The molecule has 0 radical (unpaired) electrons. The molecule has 1 heterocycles. The van der Waals surface area contributed by atoms with E-state index < -0.39 is 0 Å². The lowest BCUT2D eigenvalue weighted by atomic mass is 10.2. The van der Waals surface area contributed by atoms with E-state index in [-0.39, 0.29) is 0 Å². The lowest BCUT2D eigenvalue weighted by Gasteiger charge is -2.25. The average molecular weight is 252 g/mol. The molecule has 1 saturated heterocycles. The van der Waals surface area contributed by atoms with Crippen LogP contribution in [0, 0.1) is 0 Å². The SMILES string of the molecule is COCc1ccccc1.NCCN1CCOCC1. The Morgan fingerprint density at radius 3 is 2.44 bits per heavy atom. The lowest BCUT2D eigenvalue weighted by Crippen LogP contribution is -2.39. The maximum Gasteiger partial charge on any atom is 0.0713 e. The van der Waals surface area contributed by atoms with E-state index in [0.717, 1.165) is 39.4 Å². The Morgan fingerprint density at radius 2 is 1.89 bits per heavy atom. The monoisotopic (exact) mass is 252 g/mol. The van der Waals surface area contributed by atoms with Crippen LogP contribution in [0.3, 0.4) is 0 Å². The highest BCUT2D eigenvalue weighted by Crippen LogP contribution is 1.98. The number of ether oxygens (including phenoxy) is 2. The number of nitrogens with two attached hydrogens (primary N) is 1. The summed E-state index contributed by atoms with van der Waals surface area (Å²) in [4.78, 5) is 2.32. The number of methoxy groups -OCH3 is 1. The third kappa shape index (κ3) is 6.71. The zero-order valence-corrected chi connectivity index (χ0v) is 11.2. The summed E-state index contributed by atoms with van der Waals surface area (Å²) in [6, 6.07) is 10.1. The molecule has 1 aliphatic heterocycles. The number of nitrogens with zero attached hydrogens (tertiary/aromatic N) is 1. The van der Waals surface area contributed by atoms with E-state index in [1.165, 1.54) is 5.56 Å². The van der Waals surface area contributed by atoms with E-state index in [1.807, 2.05) is 30.3 Å². The highest BCUT2D eigenvalue weighted by molar-refractivity contribution is 5.13. The molecule has 4 nitrogen and oxygen atoms in total. The van der Waals surface area contributed by atoms with Crippen molar-refractivity contribution in [1.29, 1.82) is 0 Å². The molecule has 0 spiro atoms. The quantitative estimate of drug-likeness (QED) is 0.872. The molecule has 18 heavy (non-hydrogen) atoms. The van der Waals surface area contributed by atoms with E-state index in [9.17, 15) is 0 Å². The minimum Gasteiger partial charge on any atom is -0.380 e. The van der Waals surface area contributed by atoms with Crippen LogP contribution in [0.5, 0.6) is 0 Å². The first-order valence-corrected chi connectivity index (χ1v) is 6.40. The van der Waals surface area contributed by atoms with Gasteiger partial charge in [0, 0.05) is 33.3 Å². The number of hydrogen-bond acceptors (Lipinski definition) is 4. The van der Waals surface area contributed by atoms with Crippen LogP contribution >= 0.6 is 0 Å². The Morgan fingerprint density at radius 1 is 1.22 bits per heavy atom. The number of benzene rings is 1. The normalized spacial score (nSPS) is 15.9. The van der Waals surface area contributed by atoms with E-state index in [0.29, 0.717) is 6.61 Å². The second-order valence-corrected chi connectivity index (χ2v) is 4.16. The molecule has 1 aromatic carbocycles. The van der Waals surface area contributed by atoms with Crippen LogP contribution in [0.2, 0.25) is 0 Å². The van der Waals surface area contributed by atoms with Crippen LogP contribution in [0.25, 0.3) is 0 Å². The Balaban J connectivity index is 0.000000180. The van der Waals surface area contributed by atoms with Crippen molar-refractivity contribution in [2.45, 2.75) is 6.61 Å². The summed E-state index contributed by atoms with van der Waals surface area (Å²) >= 11 is 0. The molecule has 0 atom stereocenters. The number of hydrogen-bond donors (Lipinski definition) is 1. The van der Waals surface area contributed by atoms with E-state index in [2.05, 4.69) is 4.90 Å². The van der Waals surface area contributed by atoms with Gasteiger partial charge in [0.1, 0.15) is 0 Å². The molecular formula is C14H24N2O2. The highest BCUT2D eigenvalue weighted by atomic mass is 16.5. The summed E-state index contributed by atoms with van der Waals surface area (Å²) in [6.07, 6.45) is 0. The summed E-state index contributed by atoms with van der Waals surface area (Å²) < 4.78 is 10.1. The molecule has 0 aliphatic carbocycles. The van der Waals surface area contributed by atoms with Gasteiger partial charge in [-0.3, -0.25) is 4.90 Å². The van der Waals surface area contributed by atoms with Crippen molar-refractivity contribution in [2.75, 3.05) is 46.5 Å². The second-order valence-electron chi connectivity index (χ2n) is 4.16. The van der Waals surface area contributed by atoms with Crippen LogP contribution < -0.4 is 5.73 Å². The van der Waals surface area contributed by atoms with Crippen LogP contribution in [0.1, 0.15) is 5.56 Å². The minimum atomic E-state index is 0.709. The van der Waals surface area contributed by atoms with Gasteiger partial charge in [-0.05, 0) is 5.56 Å². The Kier molecular flexibility index (Phi) is 8.42. The van der Waals surface area contributed by atoms with Crippen molar-refractivity contribution in [3.63, 3.8) is 0 Å². The molecule has 0 saturated carbocycles. The Hall–Kier alpha value is -0.940. The van der Waals surface area contributed by atoms with Gasteiger partial charge in [0.25, 0.3) is 0 Å². The summed E-state index contributed by atoms with van der Waals surface area (Å²) in [5, 5.41) is 0. The molecule has 2 N–H and O–H groups in total. The first kappa shape index (κ1) is 15.1. The van der Waals surface area contributed by atoms with E-state index >= 15 is 0 Å². The van der Waals surface area contributed by atoms with E-state index in [1.54, 1.807) is 7.11 Å². The summed E-state index contributed by atoms with van der Waals surface area (Å²) in [5.74, 6) is 0. The first-order valence-electron chi connectivity index (χ1n) is 6.40. The molecule has 4 heteroatoms. The van der Waals surface area contributed by atoms with Gasteiger partial charge in [0.2, 0.25) is 0 Å². The van der Waals surface area contributed by atoms with Crippen molar-refractivity contribution in [3.8, 4) is 0 Å². The maximum atomic E-state index is 5.38. The predicted octanol–water partition coefficient (Wildman–Crippen LogP) is 1.11. The van der Waals surface area contributed by atoms with Gasteiger partial charge in [-0.2, -0.15) is 0 Å². The van der Waals surface area contributed by atoms with Gasteiger partial charge >= 0.3 is 0 Å². The molecule has 1 aromatic rings. The van der Waals surface area contributed by atoms with Crippen molar-refractivity contribution < 1.29 is 9.47 Å². The smallest absolute Gasteiger partial charge is 0.0713 e. The molecule has 0 aromatic heterocycles. The number of morpholine rings is 1. The third-order valence-corrected chi connectivity index (χ3v) is 2.70. The molecule has 102 valence electrons. The molecule has 0 unspecified atom stereocenters. The summed E-state index contributed by atoms with van der Waals surface area (Å²) in [6.45, 7) is 6.35.